The van der Waals surface area contributed by atoms with E-state index in [1.165, 1.54) is 129 Å². The third-order valence-corrected chi connectivity index (χ3v) is 9.64. The van der Waals surface area contributed by atoms with Crippen LogP contribution in [0, 0.1) is 0 Å². The Kier molecular flexibility index (Phi) is 14.4. The second kappa shape index (κ2) is 17.7. The van der Waals surface area contributed by atoms with Gasteiger partial charge in [-0.2, -0.15) is 0 Å². The second-order valence-corrected chi connectivity index (χ2v) is 13.7. The quantitative estimate of drug-likeness (QED) is 0.102. The number of fused-ring (bicyclic) bond motifs is 2. The fourth-order valence-corrected chi connectivity index (χ4v) is 7.39. The first-order chi connectivity index (χ1) is 20.3. The number of benzene rings is 2. The largest absolute Gasteiger partial charge is 0.378 e. The van der Waals surface area contributed by atoms with Crippen LogP contribution in [0.15, 0.2) is 23.2 Å². The van der Waals surface area contributed by atoms with Crippen LogP contribution in [0.25, 0.3) is 20.8 Å². The Labute approximate surface area is 261 Å². The average Bonchev–Trinajstić information content (AvgIpc) is 2.96. The molecule has 0 bridgehead atoms. The minimum absolute atomic E-state index is 1.04. The molecule has 1 aromatic rings. The lowest BCUT2D eigenvalue weighted by Gasteiger charge is -2.28. The van der Waals surface area contributed by atoms with Crippen LogP contribution in [-0.2, 0) is 6.42 Å². The standard InChI is InChI=1S/C36H59N5S/c1-9-10-11-12-13-14-15-16-17-18-19-20-21-22-23-24-29-32(37-2)35(41(7)8)36-33(34(29)40(5)6)38-30-26-25-28(39(3)4)27-31(30)42-36/h25-27H,9-24H2,1-8H3/b37-32+. The highest BCUT2D eigenvalue weighted by Crippen LogP contribution is 2.43. The monoisotopic (exact) mass is 593 g/mol. The summed E-state index contributed by atoms with van der Waals surface area (Å²) < 4.78 is 1.21. The van der Waals surface area contributed by atoms with Crippen molar-refractivity contribution in [2.45, 2.75) is 110 Å². The van der Waals surface area contributed by atoms with Crippen molar-refractivity contribution in [3.8, 4) is 10.6 Å². The van der Waals surface area contributed by atoms with E-state index in [-0.39, 0.29) is 0 Å². The maximum atomic E-state index is 5.28. The van der Waals surface area contributed by atoms with Gasteiger partial charge in [-0.05, 0) is 31.0 Å². The number of aromatic nitrogens is 1. The zero-order valence-corrected chi connectivity index (χ0v) is 29.0. The van der Waals surface area contributed by atoms with Gasteiger partial charge in [-0.3, -0.25) is 4.99 Å². The molecule has 5 nitrogen and oxygen atoms in total. The summed E-state index contributed by atoms with van der Waals surface area (Å²) in [5, 5.41) is 1.13. The molecular weight excluding hydrogens is 534 g/mol. The second-order valence-electron chi connectivity index (χ2n) is 12.7. The summed E-state index contributed by atoms with van der Waals surface area (Å²) in [6, 6.07) is 6.59. The van der Waals surface area contributed by atoms with Crippen molar-refractivity contribution in [3.63, 3.8) is 0 Å². The van der Waals surface area contributed by atoms with Gasteiger partial charge in [0.1, 0.15) is 5.69 Å². The van der Waals surface area contributed by atoms with Crippen LogP contribution in [-0.4, -0.2) is 54.3 Å². The van der Waals surface area contributed by atoms with E-state index in [1.807, 2.05) is 18.4 Å². The molecule has 234 valence electrons. The molecule has 0 aromatic heterocycles. The third kappa shape index (κ3) is 9.33. The molecule has 0 radical (unpaired) electrons. The molecule has 6 heteroatoms. The summed E-state index contributed by atoms with van der Waals surface area (Å²) in [5.74, 6) is 0. The van der Waals surface area contributed by atoms with E-state index in [2.05, 4.69) is 82.1 Å². The van der Waals surface area contributed by atoms with E-state index < -0.39 is 0 Å². The van der Waals surface area contributed by atoms with Gasteiger partial charge in [0, 0.05) is 60.6 Å². The molecule has 42 heavy (non-hydrogen) atoms. The van der Waals surface area contributed by atoms with Crippen molar-refractivity contribution in [2.75, 3.05) is 64.0 Å². The highest BCUT2D eigenvalue weighted by atomic mass is 32.1. The van der Waals surface area contributed by atoms with Gasteiger partial charge in [0.25, 0.3) is 0 Å². The van der Waals surface area contributed by atoms with Gasteiger partial charge in [-0.25, -0.2) is 4.98 Å². The number of unbranched alkanes of at least 4 members (excludes halogenated alkanes) is 14. The van der Waals surface area contributed by atoms with E-state index in [0.717, 1.165) is 23.0 Å². The summed E-state index contributed by atoms with van der Waals surface area (Å²) in [5.41, 5.74) is 7.13. The van der Waals surface area contributed by atoms with E-state index in [4.69, 9.17) is 9.98 Å². The molecule has 1 heterocycles. The van der Waals surface area contributed by atoms with Gasteiger partial charge in [0.2, 0.25) is 0 Å². The topological polar surface area (TPSA) is 35.0 Å². The Morgan fingerprint density at radius 3 is 1.67 bits per heavy atom. The summed E-state index contributed by atoms with van der Waals surface area (Å²) in [6.45, 7) is 2.30. The van der Waals surface area contributed by atoms with Gasteiger partial charge in [0.05, 0.1) is 31.8 Å². The number of anilines is 3. The van der Waals surface area contributed by atoms with Crippen LogP contribution in [0.1, 0.15) is 109 Å². The summed E-state index contributed by atoms with van der Waals surface area (Å²) in [6.07, 6.45) is 21.9. The number of hydrogen-bond donors (Lipinski definition) is 0. The van der Waals surface area contributed by atoms with Crippen LogP contribution in [0.2, 0.25) is 0 Å². The van der Waals surface area contributed by atoms with Crippen molar-refractivity contribution >= 4 is 38.6 Å². The van der Waals surface area contributed by atoms with E-state index in [0.29, 0.717) is 0 Å². The molecule has 3 rings (SSSR count). The molecule has 1 aliphatic carbocycles. The number of rotatable bonds is 19. The molecule has 2 aliphatic rings. The molecule has 0 amide bonds. The van der Waals surface area contributed by atoms with Gasteiger partial charge in [-0.1, -0.05) is 96.8 Å². The highest BCUT2D eigenvalue weighted by Gasteiger charge is 2.26. The number of nitrogens with zero attached hydrogens (tertiary/aromatic N) is 5. The maximum absolute atomic E-state index is 5.28. The SMILES string of the molecule is CCCCCCCCCCCCCCCCCc1c(N(C)C)c2nc3ccc(N(C)C)cc3sc-2c(N(C)C)/c1=N/C. The van der Waals surface area contributed by atoms with Crippen molar-refractivity contribution in [3.05, 3.63) is 29.1 Å². The Morgan fingerprint density at radius 2 is 1.19 bits per heavy atom. The van der Waals surface area contributed by atoms with Crippen LogP contribution in [0.3, 0.4) is 0 Å². The van der Waals surface area contributed by atoms with Crippen molar-refractivity contribution in [1.29, 1.82) is 0 Å². The minimum Gasteiger partial charge on any atom is -0.378 e. The lowest BCUT2D eigenvalue weighted by atomic mass is 9.97. The zero-order chi connectivity index (χ0) is 30.5. The van der Waals surface area contributed by atoms with Crippen LogP contribution < -0.4 is 20.1 Å². The Bertz CT molecular complexity index is 1260. The average molecular weight is 594 g/mol. The maximum Gasteiger partial charge on any atom is 0.107 e. The first-order valence-electron chi connectivity index (χ1n) is 16.7. The molecule has 0 fully saturated rings. The lowest BCUT2D eigenvalue weighted by Crippen LogP contribution is -2.28. The van der Waals surface area contributed by atoms with Crippen molar-refractivity contribution in [2.24, 2.45) is 4.99 Å². The van der Waals surface area contributed by atoms with Gasteiger partial charge in [0.15, 0.2) is 0 Å². The normalized spacial score (nSPS) is 12.0. The molecule has 1 aliphatic heterocycles. The van der Waals surface area contributed by atoms with Gasteiger partial charge in [-0.15, -0.1) is 11.3 Å². The van der Waals surface area contributed by atoms with Crippen LogP contribution >= 0.6 is 11.3 Å². The first-order valence-corrected chi connectivity index (χ1v) is 17.5. The molecule has 0 spiro atoms. The van der Waals surface area contributed by atoms with Crippen LogP contribution in [0.5, 0.6) is 0 Å². The Hall–Kier alpha value is -2.34. The molecule has 0 N–H and O–H groups in total. The smallest absolute Gasteiger partial charge is 0.107 e. The fourth-order valence-electron chi connectivity index (χ4n) is 6.16. The van der Waals surface area contributed by atoms with Crippen molar-refractivity contribution in [1.82, 2.24) is 4.98 Å². The summed E-state index contributed by atoms with van der Waals surface area (Å²) >= 11 is 1.84. The Morgan fingerprint density at radius 1 is 0.667 bits per heavy atom. The fraction of sp³-hybridized carbons (Fsp3) is 0.667. The highest BCUT2D eigenvalue weighted by molar-refractivity contribution is 7.22. The molecule has 1 aromatic carbocycles. The molecule has 0 atom stereocenters. The molecule has 0 unspecified atom stereocenters. The zero-order valence-electron chi connectivity index (χ0n) is 28.2. The van der Waals surface area contributed by atoms with Gasteiger partial charge >= 0.3 is 0 Å². The van der Waals surface area contributed by atoms with E-state index in [1.54, 1.807) is 0 Å². The first kappa shape index (κ1) is 34.2. The lowest BCUT2D eigenvalue weighted by molar-refractivity contribution is 0.532. The molecular formula is C36H59N5S. The number of hydrogen-bond acceptors (Lipinski definition) is 6. The predicted octanol–water partition coefficient (Wildman–Crippen LogP) is 9.54. The van der Waals surface area contributed by atoms with E-state index in [9.17, 15) is 0 Å². The summed E-state index contributed by atoms with van der Waals surface area (Å²) in [4.78, 5) is 18.0. The van der Waals surface area contributed by atoms with Crippen LogP contribution in [0.4, 0.5) is 17.1 Å². The van der Waals surface area contributed by atoms with Crippen molar-refractivity contribution < 1.29 is 0 Å². The molecule has 0 saturated carbocycles. The predicted molar refractivity (Wildman–Crippen MR) is 189 cm³/mol. The Balaban J connectivity index is 1.65. The third-order valence-electron chi connectivity index (χ3n) is 8.50. The minimum atomic E-state index is 1.04. The summed E-state index contributed by atoms with van der Waals surface area (Å²) in [7, 11) is 14.7. The van der Waals surface area contributed by atoms with Gasteiger partial charge < -0.3 is 14.7 Å². The van der Waals surface area contributed by atoms with E-state index >= 15 is 0 Å². The molecule has 0 saturated heterocycles.